The molecule has 0 saturated carbocycles. The lowest BCUT2D eigenvalue weighted by Gasteiger charge is -2.13. The van der Waals surface area contributed by atoms with E-state index in [0.29, 0.717) is 29.0 Å². The normalized spacial score (nSPS) is 11.1. The molecule has 1 aromatic heterocycles. The van der Waals surface area contributed by atoms with Crippen molar-refractivity contribution in [2.45, 2.75) is 38.9 Å². The van der Waals surface area contributed by atoms with Crippen molar-refractivity contribution in [3.05, 3.63) is 59.9 Å². The topological polar surface area (TPSA) is 59.8 Å². The lowest BCUT2D eigenvalue weighted by atomic mass is 10.1. The Bertz CT molecular complexity index is 986. The third kappa shape index (κ3) is 5.44. The largest absolute Gasteiger partial charge is 0.325 e. The molecule has 0 spiro atoms. The van der Waals surface area contributed by atoms with Gasteiger partial charge >= 0.3 is 0 Å². The molecule has 0 aliphatic heterocycles. The summed E-state index contributed by atoms with van der Waals surface area (Å²) in [4.78, 5) is 12.4. The van der Waals surface area contributed by atoms with E-state index < -0.39 is 0 Å². The summed E-state index contributed by atoms with van der Waals surface area (Å²) < 4.78 is 16.2. The van der Waals surface area contributed by atoms with Crippen molar-refractivity contribution in [3.8, 4) is 11.4 Å². The van der Waals surface area contributed by atoms with Gasteiger partial charge < -0.3 is 9.88 Å². The number of amides is 1. The van der Waals surface area contributed by atoms with Crippen LogP contribution in [0.25, 0.3) is 11.4 Å². The molecule has 0 unspecified atom stereocenters. The van der Waals surface area contributed by atoms with Crippen LogP contribution in [-0.2, 0) is 17.8 Å². The molecule has 29 heavy (non-hydrogen) atoms. The van der Waals surface area contributed by atoms with Gasteiger partial charge in [-0.3, -0.25) is 4.79 Å². The molecule has 3 aromatic rings. The monoisotopic (exact) mass is 412 g/mol. The Hall–Kier alpha value is -2.67. The highest BCUT2D eigenvalue weighted by atomic mass is 32.2. The first-order valence-electron chi connectivity index (χ1n) is 9.67. The molecule has 2 aromatic carbocycles. The van der Waals surface area contributed by atoms with Gasteiger partial charge in [0.1, 0.15) is 5.82 Å². The van der Waals surface area contributed by atoms with E-state index in [0.717, 1.165) is 12.1 Å². The summed E-state index contributed by atoms with van der Waals surface area (Å²) in [6, 6.07) is 14.3. The second-order valence-corrected chi connectivity index (χ2v) is 8.12. The number of carbonyl (C=O) groups excluding carboxylic acids is 1. The zero-order valence-electron chi connectivity index (χ0n) is 16.9. The van der Waals surface area contributed by atoms with E-state index in [4.69, 9.17) is 0 Å². The number of nitrogens with zero attached hydrogens (tertiary/aromatic N) is 3. The fourth-order valence-corrected chi connectivity index (χ4v) is 3.71. The molecule has 3 rings (SSSR count). The third-order valence-corrected chi connectivity index (χ3v) is 5.30. The fourth-order valence-electron chi connectivity index (χ4n) is 2.96. The summed E-state index contributed by atoms with van der Waals surface area (Å²) in [7, 11) is 0. The van der Waals surface area contributed by atoms with E-state index in [1.807, 2.05) is 28.8 Å². The predicted octanol–water partition coefficient (Wildman–Crippen LogP) is 5.03. The molecule has 0 radical (unpaired) electrons. The summed E-state index contributed by atoms with van der Waals surface area (Å²) in [5, 5.41) is 12.0. The Morgan fingerprint density at radius 1 is 1.17 bits per heavy atom. The van der Waals surface area contributed by atoms with Crippen molar-refractivity contribution in [2.24, 2.45) is 5.92 Å². The van der Waals surface area contributed by atoms with Gasteiger partial charge in [-0.15, -0.1) is 10.2 Å². The van der Waals surface area contributed by atoms with Crippen molar-refractivity contribution in [1.82, 2.24) is 14.8 Å². The maximum absolute atomic E-state index is 14.3. The molecule has 0 bridgehead atoms. The van der Waals surface area contributed by atoms with Crippen LogP contribution >= 0.6 is 11.8 Å². The number of carbonyl (C=O) groups is 1. The lowest BCUT2D eigenvalue weighted by Crippen LogP contribution is -2.15. The SMILES string of the molecule is CCc1cccc(NC(=O)CSc2nnc(-c3ccccc3F)n2CC(C)C)c1. The Balaban J connectivity index is 1.75. The van der Waals surface area contributed by atoms with Crippen molar-refractivity contribution in [1.29, 1.82) is 0 Å². The highest BCUT2D eigenvalue weighted by Crippen LogP contribution is 2.27. The van der Waals surface area contributed by atoms with Crippen LogP contribution in [-0.4, -0.2) is 26.4 Å². The fraction of sp³-hybridized carbons (Fsp3) is 0.318. The van der Waals surface area contributed by atoms with Gasteiger partial charge in [0.05, 0.1) is 11.3 Å². The Labute approximate surface area is 174 Å². The zero-order valence-corrected chi connectivity index (χ0v) is 17.7. The summed E-state index contributed by atoms with van der Waals surface area (Å²) >= 11 is 1.30. The van der Waals surface area contributed by atoms with Crippen molar-refractivity contribution < 1.29 is 9.18 Å². The number of thioether (sulfide) groups is 1. The number of benzene rings is 2. The zero-order chi connectivity index (χ0) is 20.8. The van der Waals surface area contributed by atoms with Crippen LogP contribution in [0.2, 0.25) is 0 Å². The first-order valence-corrected chi connectivity index (χ1v) is 10.7. The van der Waals surface area contributed by atoms with Gasteiger partial charge in [-0.2, -0.15) is 0 Å². The number of aromatic nitrogens is 3. The standard InChI is InChI=1S/C22H25FN4OS/c1-4-16-8-7-9-17(12-16)24-20(28)14-29-22-26-25-21(27(22)13-15(2)3)18-10-5-6-11-19(18)23/h5-12,15H,4,13-14H2,1-3H3,(H,24,28). The quantitative estimate of drug-likeness (QED) is 0.527. The molecule has 152 valence electrons. The van der Waals surface area contributed by atoms with Crippen molar-refractivity contribution in [2.75, 3.05) is 11.1 Å². The van der Waals surface area contributed by atoms with Crippen LogP contribution in [0.5, 0.6) is 0 Å². The van der Waals surface area contributed by atoms with Crippen LogP contribution < -0.4 is 5.32 Å². The highest BCUT2D eigenvalue weighted by molar-refractivity contribution is 7.99. The van der Waals surface area contributed by atoms with Gasteiger partial charge in [-0.05, 0) is 42.2 Å². The Kier molecular flexibility index (Phi) is 7.04. The second-order valence-electron chi connectivity index (χ2n) is 7.18. The van der Waals surface area contributed by atoms with E-state index in [2.05, 4.69) is 36.3 Å². The average Bonchev–Trinajstić information content (AvgIpc) is 3.08. The first kappa shape index (κ1) is 21.0. The van der Waals surface area contributed by atoms with Crippen LogP contribution in [0.4, 0.5) is 10.1 Å². The molecule has 0 atom stereocenters. The molecule has 1 N–H and O–H groups in total. The molecular weight excluding hydrogens is 387 g/mol. The van der Waals surface area contributed by atoms with E-state index in [9.17, 15) is 9.18 Å². The van der Waals surface area contributed by atoms with E-state index in [1.165, 1.54) is 23.4 Å². The second kappa shape index (κ2) is 9.69. The molecule has 5 nitrogen and oxygen atoms in total. The van der Waals surface area contributed by atoms with Gasteiger partial charge in [-0.1, -0.05) is 56.8 Å². The number of rotatable bonds is 8. The molecule has 0 aliphatic rings. The number of halogens is 1. The maximum Gasteiger partial charge on any atom is 0.234 e. The lowest BCUT2D eigenvalue weighted by molar-refractivity contribution is -0.113. The molecule has 0 fully saturated rings. The number of anilines is 1. The number of hydrogen-bond acceptors (Lipinski definition) is 4. The van der Waals surface area contributed by atoms with Crippen LogP contribution in [0.15, 0.2) is 53.7 Å². The first-order chi connectivity index (χ1) is 14.0. The summed E-state index contributed by atoms with van der Waals surface area (Å²) in [6.07, 6.45) is 0.912. The van der Waals surface area contributed by atoms with E-state index >= 15 is 0 Å². The van der Waals surface area contributed by atoms with Gasteiger partial charge in [0.25, 0.3) is 0 Å². The number of hydrogen-bond donors (Lipinski definition) is 1. The molecule has 1 heterocycles. The minimum atomic E-state index is -0.338. The van der Waals surface area contributed by atoms with Gasteiger partial charge in [0.15, 0.2) is 11.0 Å². The summed E-state index contributed by atoms with van der Waals surface area (Å²) in [5.74, 6) is 0.547. The molecule has 0 aliphatic carbocycles. The van der Waals surface area contributed by atoms with Crippen molar-refractivity contribution in [3.63, 3.8) is 0 Å². The van der Waals surface area contributed by atoms with Gasteiger partial charge in [0, 0.05) is 12.2 Å². The molecule has 1 amide bonds. The smallest absolute Gasteiger partial charge is 0.234 e. The van der Waals surface area contributed by atoms with E-state index in [1.54, 1.807) is 18.2 Å². The summed E-state index contributed by atoms with van der Waals surface area (Å²) in [6.45, 7) is 6.87. The van der Waals surface area contributed by atoms with Crippen LogP contribution in [0.3, 0.4) is 0 Å². The minimum absolute atomic E-state index is 0.116. The molecule has 7 heteroatoms. The van der Waals surface area contributed by atoms with Crippen molar-refractivity contribution >= 4 is 23.4 Å². The third-order valence-electron chi connectivity index (χ3n) is 4.33. The molecule has 0 saturated heterocycles. The Morgan fingerprint density at radius 3 is 2.69 bits per heavy atom. The summed E-state index contributed by atoms with van der Waals surface area (Å²) in [5.41, 5.74) is 2.36. The van der Waals surface area contributed by atoms with Gasteiger partial charge in [-0.25, -0.2) is 4.39 Å². The van der Waals surface area contributed by atoms with Gasteiger partial charge in [0.2, 0.25) is 5.91 Å². The maximum atomic E-state index is 14.3. The predicted molar refractivity (Wildman–Crippen MR) is 115 cm³/mol. The highest BCUT2D eigenvalue weighted by Gasteiger charge is 2.18. The van der Waals surface area contributed by atoms with Crippen LogP contribution in [0.1, 0.15) is 26.3 Å². The number of aryl methyl sites for hydroxylation is 1. The molecular formula is C22H25FN4OS. The average molecular weight is 413 g/mol. The van der Waals surface area contributed by atoms with Crippen LogP contribution in [0, 0.1) is 11.7 Å². The number of nitrogens with one attached hydrogen (secondary N) is 1. The minimum Gasteiger partial charge on any atom is -0.325 e. The van der Waals surface area contributed by atoms with E-state index in [-0.39, 0.29) is 17.5 Å². The Morgan fingerprint density at radius 2 is 1.97 bits per heavy atom.